The van der Waals surface area contributed by atoms with Crippen LogP contribution in [0.1, 0.15) is 219 Å². The molecule has 0 aromatic rings. The molecule has 0 aromatic heterocycles. The monoisotopic (exact) mass is 1100 g/mol. The van der Waals surface area contributed by atoms with Gasteiger partial charge in [-0.05, 0) is 116 Å². The molecule has 0 radical (unpaired) electrons. The van der Waals surface area contributed by atoms with Crippen LogP contribution < -0.4 is 5.11 Å². The van der Waals surface area contributed by atoms with Crippen LogP contribution in [0.2, 0.25) is 0 Å². The highest BCUT2D eigenvalue weighted by Crippen LogP contribution is 2.15. The minimum Gasteiger partial charge on any atom is -0.545 e. The number of ether oxygens (including phenoxy) is 4. The molecule has 0 heterocycles. The third kappa shape index (κ3) is 60.7. The molecular weight excluding hydrogens is 983 g/mol. The van der Waals surface area contributed by atoms with Gasteiger partial charge in [0.1, 0.15) is 13.2 Å². The van der Waals surface area contributed by atoms with Crippen LogP contribution in [0.25, 0.3) is 0 Å². The Morgan fingerprint density at radius 1 is 0.380 bits per heavy atom. The zero-order valence-electron chi connectivity index (χ0n) is 50.7. The molecule has 0 N–H and O–H groups in total. The van der Waals surface area contributed by atoms with Gasteiger partial charge in [0.2, 0.25) is 0 Å². The zero-order valence-corrected chi connectivity index (χ0v) is 50.7. The van der Waals surface area contributed by atoms with E-state index in [1.165, 1.54) is 57.8 Å². The summed E-state index contributed by atoms with van der Waals surface area (Å²) in [5.74, 6) is -2.33. The van der Waals surface area contributed by atoms with E-state index < -0.39 is 24.3 Å². The van der Waals surface area contributed by atoms with Crippen molar-refractivity contribution in [3.8, 4) is 0 Å². The summed E-state index contributed by atoms with van der Waals surface area (Å²) in [4.78, 5) is 37.4. The summed E-state index contributed by atoms with van der Waals surface area (Å²) >= 11 is 0. The van der Waals surface area contributed by atoms with Gasteiger partial charge >= 0.3 is 11.9 Å². The standard InChI is InChI=1S/C70H113NO8/c1-6-8-10-12-14-16-18-20-22-24-26-28-30-31-32-33-34-35-36-37-39-41-43-45-47-49-51-53-55-57-59-61-68(73)79-66(65-78-70(69(74)75)76-63-62-71(3,4)5)64-77-67(72)60-58-56-54-52-50-48-46-44-42-40-38-29-27-25-23-21-19-17-15-13-11-9-7-2/h8-11,14-17,20-23,26-29,31-32,34-35,40,42,46,48,66,70H,6-7,12-13,18-19,24-25,30,33,36-39,41,43-45,47,49-65H2,1-5H3/b10-8-,11-9-,16-14-,17-15-,22-20-,23-21-,28-26-,29-27-,32-31-,35-34-,42-40-,48-46-. The molecule has 2 atom stereocenters. The molecule has 446 valence electrons. The van der Waals surface area contributed by atoms with Gasteiger partial charge in [0.25, 0.3) is 0 Å². The van der Waals surface area contributed by atoms with E-state index in [2.05, 4.69) is 160 Å². The van der Waals surface area contributed by atoms with Crippen molar-refractivity contribution in [2.75, 3.05) is 47.5 Å². The first kappa shape index (κ1) is 74.2. The maximum Gasteiger partial charge on any atom is 0.306 e. The molecule has 0 amide bonds. The highest BCUT2D eigenvalue weighted by atomic mass is 16.7. The molecule has 0 aliphatic carbocycles. The topological polar surface area (TPSA) is 111 Å². The van der Waals surface area contributed by atoms with E-state index in [4.69, 9.17) is 18.9 Å². The Morgan fingerprint density at radius 2 is 0.684 bits per heavy atom. The van der Waals surface area contributed by atoms with Gasteiger partial charge in [0, 0.05) is 12.8 Å². The Labute approximate surface area is 483 Å². The number of allylic oxidation sites excluding steroid dienone is 24. The van der Waals surface area contributed by atoms with Crippen molar-refractivity contribution in [3.63, 3.8) is 0 Å². The van der Waals surface area contributed by atoms with Crippen LogP contribution >= 0.6 is 0 Å². The van der Waals surface area contributed by atoms with E-state index in [-0.39, 0.29) is 38.6 Å². The lowest BCUT2D eigenvalue weighted by Gasteiger charge is -2.26. The Morgan fingerprint density at radius 3 is 1.01 bits per heavy atom. The first-order valence-electron chi connectivity index (χ1n) is 31.0. The first-order valence-corrected chi connectivity index (χ1v) is 31.0. The van der Waals surface area contributed by atoms with Crippen molar-refractivity contribution >= 4 is 17.9 Å². The summed E-state index contributed by atoms with van der Waals surface area (Å²) in [6.07, 6.45) is 83.3. The van der Waals surface area contributed by atoms with Crippen LogP contribution in [-0.4, -0.2) is 82.3 Å². The van der Waals surface area contributed by atoms with Crippen molar-refractivity contribution in [2.24, 2.45) is 0 Å². The van der Waals surface area contributed by atoms with Gasteiger partial charge in [-0.2, -0.15) is 0 Å². The lowest BCUT2D eigenvalue weighted by molar-refractivity contribution is -0.870. The molecule has 0 bridgehead atoms. The van der Waals surface area contributed by atoms with Crippen molar-refractivity contribution in [3.05, 3.63) is 146 Å². The maximum absolute atomic E-state index is 12.9. The highest BCUT2D eigenvalue weighted by molar-refractivity contribution is 5.70. The zero-order chi connectivity index (χ0) is 57.6. The number of quaternary nitrogens is 1. The number of carbonyl (C=O) groups excluding carboxylic acids is 3. The number of carboxylic acids is 1. The SMILES string of the molecule is CC/C=C\C/C=C\C/C=C\C/C=C\C/C=C\C/C=C\CCCCCCCCCCCCCCC(=O)OC(COC(=O)CCCCCC/C=C\C/C=C\C/C=C\C/C=C\C/C=C\C/C=C\CC)COC(OCC[N+](C)(C)C)C(=O)[O-]. The van der Waals surface area contributed by atoms with E-state index in [1.807, 2.05) is 21.1 Å². The Balaban J connectivity index is 4.28. The van der Waals surface area contributed by atoms with Crippen LogP contribution in [0.15, 0.2) is 146 Å². The van der Waals surface area contributed by atoms with E-state index in [0.29, 0.717) is 23.9 Å². The number of likely N-dealkylation sites (N-methyl/N-ethyl adjacent to an activating group) is 1. The van der Waals surface area contributed by atoms with Crippen LogP contribution in [-0.2, 0) is 33.3 Å². The second kappa shape index (κ2) is 59.3. The van der Waals surface area contributed by atoms with Crippen LogP contribution in [0.5, 0.6) is 0 Å². The lowest BCUT2D eigenvalue weighted by Crippen LogP contribution is -2.44. The van der Waals surface area contributed by atoms with Gasteiger partial charge in [0.05, 0.1) is 40.3 Å². The number of aliphatic carboxylic acids is 1. The van der Waals surface area contributed by atoms with E-state index in [0.717, 1.165) is 122 Å². The molecule has 0 fully saturated rings. The third-order valence-corrected chi connectivity index (χ3v) is 12.6. The average Bonchev–Trinajstić information content (AvgIpc) is 3.42. The van der Waals surface area contributed by atoms with Crippen LogP contribution in [0.4, 0.5) is 0 Å². The number of nitrogens with zero attached hydrogens (tertiary/aromatic N) is 1. The van der Waals surface area contributed by atoms with E-state index >= 15 is 0 Å². The van der Waals surface area contributed by atoms with Gasteiger partial charge in [-0.15, -0.1) is 0 Å². The second-order valence-corrected chi connectivity index (χ2v) is 21.2. The Hall–Kier alpha value is -4.83. The third-order valence-electron chi connectivity index (χ3n) is 12.6. The molecule has 0 rings (SSSR count). The molecule has 9 nitrogen and oxygen atoms in total. The van der Waals surface area contributed by atoms with Crippen molar-refractivity contribution in [1.29, 1.82) is 0 Å². The van der Waals surface area contributed by atoms with Crippen LogP contribution in [0.3, 0.4) is 0 Å². The molecule has 0 aliphatic heterocycles. The minimum absolute atomic E-state index is 0.135. The number of rotatable bonds is 55. The summed E-state index contributed by atoms with van der Waals surface area (Å²) in [5, 5.41) is 11.8. The molecule has 9 heteroatoms. The van der Waals surface area contributed by atoms with E-state index in [1.54, 1.807) is 0 Å². The molecule has 0 saturated carbocycles. The number of hydrogen-bond donors (Lipinski definition) is 0. The second-order valence-electron chi connectivity index (χ2n) is 21.2. The molecule has 79 heavy (non-hydrogen) atoms. The van der Waals surface area contributed by atoms with Gasteiger partial charge in [-0.3, -0.25) is 9.59 Å². The van der Waals surface area contributed by atoms with Crippen molar-refractivity contribution < 1.29 is 42.9 Å². The Bertz CT molecular complexity index is 1800. The van der Waals surface area contributed by atoms with E-state index in [9.17, 15) is 19.5 Å². The van der Waals surface area contributed by atoms with Crippen LogP contribution in [0, 0.1) is 0 Å². The van der Waals surface area contributed by atoms with Gasteiger partial charge in [-0.25, -0.2) is 0 Å². The molecule has 2 unspecified atom stereocenters. The van der Waals surface area contributed by atoms with Gasteiger partial charge in [-0.1, -0.05) is 237 Å². The Kier molecular flexibility index (Phi) is 55.7. The molecule has 0 spiro atoms. The number of esters is 2. The van der Waals surface area contributed by atoms with Crippen molar-refractivity contribution in [2.45, 2.75) is 232 Å². The molecule has 0 aliphatic rings. The number of unbranched alkanes of at least 4 members (excludes halogenated alkanes) is 16. The predicted octanol–water partition coefficient (Wildman–Crippen LogP) is 17.5. The normalized spacial score (nSPS) is 13.8. The predicted molar refractivity (Wildman–Crippen MR) is 333 cm³/mol. The fraction of sp³-hybridized carbons (Fsp3) is 0.614. The first-order chi connectivity index (χ1) is 38.6. The largest absolute Gasteiger partial charge is 0.545 e. The fourth-order valence-electron chi connectivity index (χ4n) is 7.90. The van der Waals surface area contributed by atoms with Gasteiger partial charge < -0.3 is 33.3 Å². The summed E-state index contributed by atoms with van der Waals surface area (Å²) in [6, 6.07) is 0. The maximum atomic E-state index is 12.9. The quantitative estimate of drug-likeness (QED) is 0.0195. The van der Waals surface area contributed by atoms with Crippen molar-refractivity contribution in [1.82, 2.24) is 0 Å². The van der Waals surface area contributed by atoms with Gasteiger partial charge in [0.15, 0.2) is 12.4 Å². The smallest absolute Gasteiger partial charge is 0.306 e. The minimum atomic E-state index is -1.64. The highest BCUT2D eigenvalue weighted by Gasteiger charge is 2.22. The number of hydrogen-bond acceptors (Lipinski definition) is 8. The lowest BCUT2D eigenvalue weighted by atomic mass is 10.0. The fourth-order valence-corrected chi connectivity index (χ4v) is 7.90. The molecule has 0 aromatic carbocycles. The average molecular weight is 1100 g/mol. The summed E-state index contributed by atoms with van der Waals surface area (Å²) in [5.41, 5.74) is 0. The summed E-state index contributed by atoms with van der Waals surface area (Å²) in [7, 11) is 5.90. The number of carbonyl (C=O) groups is 3. The summed E-state index contributed by atoms with van der Waals surface area (Å²) < 4.78 is 22.7. The molecular formula is C70H113NO8. The molecule has 0 saturated heterocycles. The number of carboxylic acid groups (broad SMARTS) is 1. The summed E-state index contributed by atoms with van der Waals surface area (Å²) in [6.45, 7) is 4.47.